The van der Waals surface area contributed by atoms with Gasteiger partial charge in [-0.2, -0.15) is 4.89 Å². The van der Waals surface area contributed by atoms with E-state index in [0.29, 0.717) is 23.8 Å². The quantitative estimate of drug-likeness (QED) is 0.531. The van der Waals surface area contributed by atoms with Crippen molar-refractivity contribution in [3.8, 4) is 0 Å². The van der Waals surface area contributed by atoms with Crippen LogP contribution in [0, 0.1) is 17.3 Å². The molecule has 4 heteroatoms. The summed E-state index contributed by atoms with van der Waals surface area (Å²) < 4.78 is 0. The zero-order valence-corrected chi connectivity index (χ0v) is 16.7. The molecule has 1 saturated carbocycles. The maximum Gasteiger partial charge on any atom is 0.373 e. The fourth-order valence-electron chi connectivity index (χ4n) is 5.85. The normalized spacial score (nSPS) is 32.9. The van der Waals surface area contributed by atoms with Crippen LogP contribution in [0.2, 0.25) is 0 Å². The second-order valence-corrected chi connectivity index (χ2v) is 8.92. The Balaban J connectivity index is 1.36. The summed E-state index contributed by atoms with van der Waals surface area (Å²) in [4.78, 5) is 35.0. The summed E-state index contributed by atoms with van der Waals surface area (Å²) in [6, 6.07) is 8.95. The van der Waals surface area contributed by atoms with E-state index < -0.39 is 5.97 Å². The molecular formula is C25H26O4. The molecule has 0 amide bonds. The van der Waals surface area contributed by atoms with Gasteiger partial charge in [-0.25, -0.2) is 4.79 Å². The lowest BCUT2D eigenvalue weighted by molar-refractivity contribution is -0.290. The number of hydrogen-bond acceptors (Lipinski definition) is 4. The first-order valence-electron chi connectivity index (χ1n) is 10.6. The van der Waals surface area contributed by atoms with Gasteiger partial charge in [0, 0.05) is 11.8 Å². The summed E-state index contributed by atoms with van der Waals surface area (Å²) in [6.07, 6.45) is 11.8. The van der Waals surface area contributed by atoms with Crippen LogP contribution in [0.1, 0.15) is 55.8 Å². The number of carbonyl (C=O) groups is 2. The number of allylic oxidation sites excluding steroid dienone is 5. The van der Waals surface area contributed by atoms with E-state index in [9.17, 15) is 9.59 Å². The molecule has 0 radical (unpaired) electrons. The van der Waals surface area contributed by atoms with Crippen molar-refractivity contribution >= 4 is 11.8 Å². The van der Waals surface area contributed by atoms with Crippen molar-refractivity contribution in [2.75, 3.05) is 0 Å². The van der Waals surface area contributed by atoms with Crippen molar-refractivity contribution in [3.05, 3.63) is 70.8 Å². The summed E-state index contributed by atoms with van der Waals surface area (Å²) >= 11 is 0. The highest BCUT2D eigenvalue weighted by Gasteiger charge is 2.53. The van der Waals surface area contributed by atoms with Gasteiger partial charge >= 0.3 is 5.97 Å². The molecular weight excluding hydrogens is 364 g/mol. The SMILES string of the molecule is C[C@]12C=CC3=C4CCC(=O)C=C4CC[C@H]3[C@@H]1CC[C@@H]2OOC(=O)c1ccccc1. The van der Waals surface area contributed by atoms with Crippen LogP contribution in [0.4, 0.5) is 0 Å². The largest absolute Gasteiger partial charge is 0.373 e. The lowest BCUT2D eigenvalue weighted by Crippen LogP contribution is -2.40. The highest BCUT2D eigenvalue weighted by atomic mass is 17.2. The van der Waals surface area contributed by atoms with Gasteiger partial charge in [0.1, 0.15) is 6.10 Å². The van der Waals surface area contributed by atoms with Crippen molar-refractivity contribution < 1.29 is 19.4 Å². The number of fused-ring (bicyclic) bond motifs is 4. The zero-order valence-electron chi connectivity index (χ0n) is 16.7. The molecule has 0 saturated heterocycles. The third-order valence-electron chi connectivity index (χ3n) is 7.41. The number of hydrogen-bond donors (Lipinski definition) is 0. The molecule has 4 aliphatic carbocycles. The van der Waals surface area contributed by atoms with Gasteiger partial charge in [0.2, 0.25) is 0 Å². The van der Waals surface area contributed by atoms with E-state index in [1.165, 1.54) is 16.7 Å². The molecule has 0 unspecified atom stereocenters. The highest BCUT2D eigenvalue weighted by molar-refractivity contribution is 5.93. The van der Waals surface area contributed by atoms with Crippen LogP contribution < -0.4 is 0 Å². The topological polar surface area (TPSA) is 52.6 Å². The summed E-state index contributed by atoms with van der Waals surface area (Å²) in [5.74, 6) is 0.805. The minimum absolute atomic E-state index is 0.132. The Kier molecular flexibility index (Phi) is 4.54. The minimum Gasteiger partial charge on any atom is -0.295 e. The first-order chi connectivity index (χ1) is 14.1. The summed E-state index contributed by atoms with van der Waals surface area (Å²) in [5, 5.41) is 0. The van der Waals surface area contributed by atoms with Crippen molar-refractivity contribution in [1.82, 2.24) is 0 Å². The Bertz CT molecular complexity index is 939. The van der Waals surface area contributed by atoms with E-state index in [0.717, 1.165) is 32.1 Å². The molecule has 4 nitrogen and oxygen atoms in total. The number of ketones is 1. The summed E-state index contributed by atoms with van der Waals surface area (Å²) in [7, 11) is 0. The zero-order chi connectivity index (χ0) is 20.0. The number of benzene rings is 1. The fraction of sp³-hybridized carbons (Fsp3) is 0.440. The minimum atomic E-state index is -0.445. The first-order valence-corrected chi connectivity index (χ1v) is 10.6. The van der Waals surface area contributed by atoms with Crippen molar-refractivity contribution in [3.63, 3.8) is 0 Å². The molecule has 4 aliphatic rings. The van der Waals surface area contributed by atoms with Gasteiger partial charge in [-0.05, 0) is 78.9 Å². The molecule has 150 valence electrons. The van der Waals surface area contributed by atoms with Gasteiger partial charge in [0.05, 0.1) is 5.56 Å². The van der Waals surface area contributed by atoms with E-state index >= 15 is 0 Å². The first kappa shape index (κ1) is 18.6. The standard InChI is InChI=1S/C25H26O4/c1-25-14-13-20-19-10-8-18(26)15-17(19)7-9-21(20)22(25)11-12-23(25)28-29-24(27)16-5-3-2-4-6-16/h2-6,13-15,21-23H,7-12H2,1H3/t21-,22+,23+,25+/m1/s1. The second kappa shape index (κ2) is 7.10. The van der Waals surface area contributed by atoms with Crippen LogP contribution in [0.25, 0.3) is 0 Å². The molecule has 0 N–H and O–H groups in total. The van der Waals surface area contributed by atoms with Gasteiger partial charge in [-0.3, -0.25) is 9.68 Å². The van der Waals surface area contributed by atoms with Gasteiger partial charge in [-0.1, -0.05) is 37.3 Å². The average Bonchev–Trinajstić information content (AvgIpc) is 3.08. The third-order valence-corrected chi connectivity index (χ3v) is 7.41. The Labute approximate surface area is 171 Å². The predicted octanol–water partition coefficient (Wildman–Crippen LogP) is 5.13. The van der Waals surface area contributed by atoms with Gasteiger partial charge in [0.25, 0.3) is 0 Å². The van der Waals surface area contributed by atoms with E-state index in [1.54, 1.807) is 12.1 Å². The van der Waals surface area contributed by atoms with E-state index in [2.05, 4.69) is 19.1 Å². The number of rotatable bonds is 3. The maximum atomic E-state index is 12.3. The molecule has 0 aromatic heterocycles. The molecule has 1 fully saturated rings. The van der Waals surface area contributed by atoms with Crippen LogP contribution in [-0.2, 0) is 14.6 Å². The molecule has 0 bridgehead atoms. The Morgan fingerprint density at radius 2 is 1.90 bits per heavy atom. The Morgan fingerprint density at radius 1 is 1.07 bits per heavy atom. The van der Waals surface area contributed by atoms with Crippen molar-refractivity contribution in [1.29, 1.82) is 0 Å². The Morgan fingerprint density at radius 3 is 2.72 bits per heavy atom. The molecule has 5 rings (SSSR count). The fourth-order valence-corrected chi connectivity index (χ4v) is 5.85. The molecule has 0 heterocycles. The molecule has 29 heavy (non-hydrogen) atoms. The Hall–Kier alpha value is -2.46. The molecule has 1 aromatic rings. The van der Waals surface area contributed by atoms with Crippen LogP contribution in [0.15, 0.2) is 65.3 Å². The van der Waals surface area contributed by atoms with Gasteiger partial charge in [-0.15, -0.1) is 0 Å². The predicted molar refractivity (Wildman–Crippen MR) is 109 cm³/mol. The number of carbonyl (C=O) groups excluding carboxylic acids is 2. The van der Waals surface area contributed by atoms with Crippen molar-refractivity contribution in [2.24, 2.45) is 17.3 Å². The monoisotopic (exact) mass is 390 g/mol. The van der Waals surface area contributed by atoms with Crippen LogP contribution >= 0.6 is 0 Å². The van der Waals surface area contributed by atoms with E-state index in [4.69, 9.17) is 9.78 Å². The van der Waals surface area contributed by atoms with Gasteiger partial charge in [0.15, 0.2) is 5.78 Å². The van der Waals surface area contributed by atoms with Crippen LogP contribution in [0.3, 0.4) is 0 Å². The summed E-state index contributed by atoms with van der Waals surface area (Å²) in [6.45, 7) is 2.24. The lowest BCUT2D eigenvalue weighted by Gasteiger charge is -2.44. The average molecular weight is 390 g/mol. The van der Waals surface area contributed by atoms with E-state index in [-0.39, 0.29) is 17.3 Å². The van der Waals surface area contributed by atoms with Crippen molar-refractivity contribution in [2.45, 2.75) is 51.6 Å². The molecule has 1 aromatic carbocycles. The molecule has 0 spiro atoms. The molecule has 4 atom stereocenters. The smallest absolute Gasteiger partial charge is 0.295 e. The second-order valence-electron chi connectivity index (χ2n) is 8.92. The van der Waals surface area contributed by atoms with Gasteiger partial charge < -0.3 is 0 Å². The lowest BCUT2D eigenvalue weighted by atomic mass is 9.60. The van der Waals surface area contributed by atoms with E-state index in [1.807, 2.05) is 24.3 Å². The van der Waals surface area contributed by atoms with Crippen LogP contribution in [0.5, 0.6) is 0 Å². The summed E-state index contributed by atoms with van der Waals surface area (Å²) in [5.41, 5.74) is 4.44. The van der Waals surface area contributed by atoms with Crippen LogP contribution in [-0.4, -0.2) is 17.9 Å². The maximum absolute atomic E-state index is 12.3. The molecule has 0 aliphatic heterocycles. The third kappa shape index (κ3) is 3.10. The highest BCUT2D eigenvalue weighted by Crippen LogP contribution is 2.57.